The third-order valence-electron chi connectivity index (χ3n) is 2.31. The van der Waals surface area contributed by atoms with Gasteiger partial charge < -0.3 is 5.32 Å². The zero-order chi connectivity index (χ0) is 13.1. The monoisotopic (exact) mass is 325 g/mol. The zero-order valence-electron chi connectivity index (χ0n) is 9.45. The summed E-state index contributed by atoms with van der Waals surface area (Å²) < 4.78 is 0.741. The molecule has 4 nitrogen and oxygen atoms in total. The first-order valence-electron chi connectivity index (χ1n) is 5.12. The molecule has 2 heterocycles. The van der Waals surface area contributed by atoms with E-state index in [0.29, 0.717) is 16.9 Å². The van der Waals surface area contributed by atoms with Crippen molar-refractivity contribution in [3.63, 3.8) is 0 Å². The Morgan fingerprint density at radius 2 is 2.22 bits per heavy atom. The van der Waals surface area contributed by atoms with Gasteiger partial charge in [0.2, 0.25) is 0 Å². The number of hydrogen-bond donors (Lipinski definition) is 1. The summed E-state index contributed by atoms with van der Waals surface area (Å²) in [4.78, 5) is 20.0. The minimum Gasteiger partial charge on any atom is -0.319 e. The Hall–Kier alpha value is -1.46. The van der Waals surface area contributed by atoms with Crippen molar-refractivity contribution in [3.8, 4) is 0 Å². The third kappa shape index (κ3) is 2.86. The van der Waals surface area contributed by atoms with Crippen LogP contribution in [-0.4, -0.2) is 15.9 Å². The molecule has 0 atom stereocenters. The van der Waals surface area contributed by atoms with Gasteiger partial charge in [0, 0.05) is 22.6 Å². The summed E-state index contributed by atoms with van der Waals surface area (Å²) in [5.74, 6) is -0.262. The van der Waals surface area contributed by atoms with Crippen molar-refractivity contribution in [2.45, 2.75) is 6.92 Å². The molecule has 92 valence electrons. The third-order valence-corrected chi connectivity index (χ3v) is 3.04. The molecule has 0 aliphatic carbocycles. The molecule has 2 aromatic heterocycles. The van der Waals surface area contributed by atoms with Gasteiger partial charge in [0.25, 0.3) is 5.91 Å². The molecule has 0 unspecified atom stereocenters. The highest BCUT2D eigenvalue weighted by atomic mass is 79.9. The largest absolute Gasteiger partial charge is 0.319 e. The van der Waals surface area contributed by atoms with E-state index >= 15 is 0 Å². The van der Waals surface area contributed by atoms with Crippen LogP contribution in [0.3, 0.4) is 0 Å². The molecule has 0 aliphatic heterocycles. The maximum atomic E-state index is 12.0. The number of nitrogens with one attached hydrogen (secondary N) is 1. The number of nitrogens with zero attached hydrogens (tertiary/aromatic N) is 2. The molecule has 6 heteroatoms. The van der Waals surface area contributed by atoms with E-state index in [4.69, 9.17) is 11.6 Å². The fourth-order valence-corrected chi connectivity index (χ4v) is 1.91. The minimum absolute atomic E-state index is 0.244. The van der Waals surface area contributed by atoms with E-state index in [0.717, 1.165) is 4.47 Å². The minimum atomic E-state index is -0.262. The van der Waals surface area contributed by atoms with Gasteiger partial charge in [-0.2, -0.15) is 0 Å². The second kappa shape index (κ2) is 5.46. The summed E-state index contributed by atoms with van der Waals surface area (Å²) in [6.45, 7) is 1.77. The van der Waals surface area contributed by atoms with Crippen molar-refractivity contribution in [2.24, 2.45) is 0 Å². The maximum absolute atomic E-state index is 12.0. The molecule has 0 aromatic carbocycles. The second-order valence-electron chi connectivity index (χ2n) is 3.58. The molecule has 0 saturated carbocycles. The van der Waals surface area contributed by atoms with Gasteiger partial charge in [0.1, 0.15) is 0 Å². The Morgan fingerprint density at radius 1 is 1.44 bits per heavy atom. The molecule has 0 fully saturated rings. The summed E-state index contributed by atoms with van der Waals surface area (Å²) >= 11 is 9.18. The number of carbonyl (C=O) groups excluding carboxylic acids is 1. The number of aromatic nitrogens is 2. The smallest absolute Gasteiger partial charge is 0.257 e. The number of carbonyl (C=O) groups is 1. The van der Waals surface area contributed by atoms with E-state index in [1.54, 1.807) is 37.5 Å². The van der Waals surface area contributed by atoms with Crippen LogP contribution in [0.2, 0.25) is 5.15 Å². The summed E-state index contributed by atoms with van der Waals surface area (Å²) in [5, 5.41) is 2.95. The number of halogens is 2. The van der Waals surface area contributed by atoms with Gasteiger partial charge in [-0.25, -0.2) is 4.98 Å². The van der Waals surface area contributed by atoms with Crippen LogP contribution >= 0.6 is 27.5 Å². The first-order chi connectivity index (χ1) is 8.58. The molecule has 0 saturated heterocycles. The van der Waals surface area contributed by atoms with Crippen molar-refractivity contribution < 1.29 is 4.79 Å². The van der Waals surface area contributed by atoms with Gasteiger partial charge in [-0.1, -0.05) is 11.6 Å². The Bertz CT molecular complexity index is 604. The van der Waals surface area contributed by atoms with Gasteiger partial charge in [-0.05, 0) is 41.1 Å². The van der Waals surface area contributed by atoms with E-state index in [1.165, 1.54) is 0 Å². The number of amides is 1. The lowest BCUT2D eigenvalue weighted by Crippen LogP contribution is -2.14. The van der Waals surface area contributed by atoms with Gasteiger partial charge in [0.15, 0.2) is 5.15 Å². The average Bonchev–Trinajstić information content (AvgIpc) is 2.34. The van der Waals surface area contributed by atoms with Gasteiger partial charge in [0.05, 0.1) is 11.3 Å². The van der Waals surface area contributed by atoms with Crippen molar-refractivity contribution in [1.29, 1.82) is 0 Å². The Balaban J connectivity index is 2.27. The van der Waals surface area contributed by atoms with Crippen molar-refractivity contribution >= 4 is 39.1 Å². The van der Waals surface area contributed by atoms with Crippen LogP contribution in [0.25, 0.3) is 0 Å². The summed E-state index contributed by atoms with van der Waals surface area (Å²) in [7, 11) is 0. The van der Waals surface area contributed by atoms with Crippen LogP contribution in [0.5, 0.6) is 0 Å². The number of aryl methyl sites for hydroxylation is 1. The molecular formula is C12H9BrClN3O. The zero-order valence-corrected chi connectivity index (χ0v) is 11.8. The first kappa shape index (κ1) is 13.0. The van der Waals surface area contributed by atoms with Crippen molar-refractivity contribution in [3.05, 3.63) is 51.5 Å². The first-order valence-corrected chi connectivity index (χ1v) is 6.29. The molecule has 2 aromatic rings. The highest BCUT2D eigenvalue weighted by Crippen LogP contribution is 2.23. The lowest BCUT2D eigenvalue weighted by molar-refractivity contribution is 0.102. The van der Waals surface area contributed by atoms with Crippen LogP contribution in [0.1, 0.15) is 16.1 Å². The molecule has 0 bridgehead atoms. The topological polar surface area (TPSA) is 54.9 Å². The standard InChI is InChI=1S/C12H9BrClN3O/c1-7-9(3-2-4-15-7)12(18)17-10-5-8(13)6-16-11(10)14/h2-6H,1H3,(H,17,18). The van der Waals surface area contributed by atoms with Gasteiger partial charge >= 0.3 is 0 Å². The summed E-state index contributed by atoms with van der Waals surface area (Å²) in [6, 6.07) is 5.11. The van der Waals surface area contributed by atoms with Crippen LogP contribution in [0.15, 0.2) is 35.1 Å². The fourth-order valence-electron chi connectivity index (χ4n) is 1.42. The molecule has 2 rings (SSSR count). The van der Waals surface area contributed by atoms with E-state index in [1.807, 2.05) is 0 Å². The number of pyridine rings is 2. The molecule has 0 radical (unpaired) electrons. The van der Waals surface area contributed by atoms with E-state index in [2.05, 4.69) is 31.2 Å². The molecular weight excluding hydrogens is 318 g/mol. The van der Waals surface area contributed by atoms with Crippen LogP contribution in [0.4, 0.5) is 5.69 Å². The Kier molecular flexibility index (Phi) is 3.93. The number of anilines is 1. The number of hydrogen-bond acceptors (Lipinski definition) is 3. The quantitative estimate of drug-likeness (QED) is 0.860. The van der Waals surface area contributed by atoms with Crippen LogP contribution < -0.4 is 5.32 Å². The molecule has 0 aliphatic rings. The average molecular weight is 327 g/mol. The van der Waals surface area contributed by atoms with Crippen molar-refractivity contribution in [2.75, 3.05) is 5.32 Å². The summed E-state index contributed by atoms with van der Waals surface area (Å²) in [5.41, 5.74) is 1.63. The highest BCUT2D eigenvalue weighted by Gasteiger charge is 2.12. The van der Waals surface area contributed by atoms with Crippen LogP contribution in [-0.2, 0) is 0 Å². The lowest BCUT2D eigenvalue weighted by atomic mass is 10.2. The van der Waals surface area contributed by atoms with Crippen LogP contribution in [0, 0.1) is 6.92 Å². The normalized spacial score (nSPS) is 10.2. The fraction of sp³-hybridized carbons (Fsp3) is 0.0833. The van der Waals surface area contributed by atoms with Gasteiger partial charge in [-0.3, -0.25) is 9.78 Å². The Morgan fingerprint density at radius 3 is 2.94 bits per heavy atom. The SMILES string of the molecule is Cc1ncccc1C(=O)Nc1cc(Br)cnc1Cl. The summed E-state index contributed by atoms with van der Waals surface area (Å²) in [6.07, 6.45) is 3.20. The maximum Gasteiger partial charge on any atom is 0.257 e. The highest BCUT2D eigenvalue weighted by molar-refractivity contribution is 9.10. The lowest BCUT2D eigenvalue weighted by Gasteiger charge is -2.08. The molecule has 18 heavy (non-hydrogen) atoms. The van der Waals surface area contributed by atoms with E-state index < -0.39 is 0 Å². The molecule has 1 amide bonds. The van der Waals surface area contributed by atoms with E-state index in [9.17, 15) is 4.79 Å². The molecule has 1 N–H and O–H groups in total. The second-order valence-corrected chi connectivity index (χ2v) is 4.86. The Labute approximate surface area is 118 Å². The van der Waals surface area contributed by atoms with E-state index in [-0.39, 0.29) is 11.1 Å². The predicted octanol–water partition coefficient (Wildman–Crippen LogP) is 3.45. The predicted molar refractivity (Wildman–Crippen MR) is 73.9 cm³/mol. The number of rotatable bonds is 2. The molecule has 0 spiro atoms. The van der Waals surface area contributed by atoms with Gasteiger partial charge in [-0.15, -0.1) is 0 Å². The van der Waals surface area contributed by atoms with Crippen molar-refractivity contribution in [1.82, 2.24) is 9.97 Å².